The normalized spacial score (nSPS) is 11.7. The largest absolute Gasteiger partial charge is 1.00 e. The number of esters is 1. The van der Waals surface area contributed by atoms with Gasteiger partial charge in [-0.3, -0.25) is 4.79 Å². The zero-order valence-electron chi connectivity index (χ0n) is 10.1. The Morgan fingerprint density at radius 2 is 1.89 bits per heavy atom. The first kappa shape index (κ1) is 14.5. The van der Waals surface area contributed by atoms with Gasteiger partial charge in [-0.15, -0.1) is 0 Å². The molecular weight excluding hydrogens is 250 g/mol. The summed E-state index contributed by atoms with van der Waals surface area (Å²) < 4.78 is 4.61. The van der Waals surface area contributed by atoms with E-state index in [1.807, 2.05) is 30.3 Å². The minimum Gasteiger partial charge on any atom is -1.00 e. The number of methoxy groups -OCH3 is 1. The van der Waals surface area contributed by atoms with Gasteiger partial charge in [-0.2, -0.15) is 0 Å². The molecule has 1 unspecified atom stereocenters. The van der Waals surface area contributed by atoms with Crippen LogP contribution < -0.4 is 18.1 Å². The van der Waals surface area contributed by atoms with Crippen molar-refractivity contribution in [3.05, 3.63) is 48.0 Å². The smallest absolute Gasteiger partial charge is 0.322 e. The summed E-state index contributed by atoms with van der Waals surface area (Å²) in [6.07, 6.45) is 0.498. The van der Waals surface area contributed by atoms with Crippen molar-refractivity contribution in [2.45, 2.75) is 12.5 Å². The minimum absolute atomic E-state index is 0. The molecule has 1 atom stereocenters. The molecule has 0 fully saturated rings. The van der Waals surface area contributed by atoms with E-state index >= 15 is 0 Å². The number of nitrogens with two attached hydrogens (primary N) is 1. The highest BCUT2D eigenvalue weighted by Gasteiger charge is 2.14. The second-order valence-corrected chi connectivity index (χ2v) is 4.02. The van der Waals surface area contributed by atoms with Crippen molar-refractivity contribution < 1.29 is 21.9 Å². The summed E-state index contributed by atoms with van der Waals surface area (Å²) in [6.45, 7) is 0. The van der Waals surface area contributed by atoms with E-state index in [2.05, 4.69) is 16.9 Å². The number of halogens is 1. The molecule has 0 radical (unpaired) electrons. The molecule has 96 valence electrons. The first-order valence-electron chi connectivity index (χ1n) is 5.52. The number of carbonyl (C=O) groups is 1. The lowest BCUT2D eigenvalue weighted by molar-refractivity contribution is -0.142. The van der Waals surface area contributed by atoms with Gasteiger partial charge < -0.3 is 22.9 Å². The average Bonchev–Trinajstić information content (AvgIpc) is 2.37. The van der Waals surface area contributed by atoms with Crippen LogP contribution in [0.5, 0.6) is 0 Å². The third kappa shape index (κ3) is 3.22. The third-order valence-corrected chi connectivity index (χ3v) is 2.77. The molecule has 18 heavy (non-hydrogen) atoms. The highest BCUT2D eigenvalue weighted by Crippen LogP contribution is 2.16. The van der Waals surface area contributed by atoms with Gasteiger partial charge in [0.05, 0.1) is 7.11 Å². The van der Waals surface area contributed by atoms with Crippen molar-refractivity contribution in [3.63, 3.8) is 0 Å². The maximum Gasteiger partial charge on any atom is 0.322 e. The summed E-state index contributed by atoms with van der Waals surface area (Å²) in [5, 5.41) is 2.34. The second kappa shape index (κ2) is 6.38. The van der Waals surface area contributed by atoms with Crippen molar-refractivity contribution in [3.8, 4) is 0 Å². The lowest BCUT2D eigenvalue weighted by Gasteiger charge is -2.09. The van der Waals surface area contributed by atoms with Crippen LogP contribution in [0.4, 0.5) is 0 Å². The van der Waals surface area contributed by atoms with Gasteiger partial charge in [-0.05, 0) is 22.8 Å². The summed E-state index contributed by atoms with van der Waals surface area (Å²) in [6, 6.07) is 13.6. The molecule has 3 nitrogen and oxygen atoms in total. The van der Waals surface area contributed by atoms with Gasteiger partial charge in [0, 0.05) is 0 Å². The third-order valence-electron chi connectivity index (χ3n) is 2.77. The van der Waals surface area contributed by atoms with E-state index in [9.17, 15) is 4.79 Å². The van der Waals surface area contributed by atoms with Crippen LogP contribution in [-0.2, 0) is 16.0 Å². The maximum absolute atomic E-state index is 11.2. The molecule has 0 aliphatic carbocycles. The van der Waals surface area contributed by atoms with E-state index in [4.69, 9.17) is 5.73 Å². The van der Waals surface area contributed by atoms with Crippen molar-refractivity contribution in [2.24, 2.45) is 5.73 Å². The topological polar surface area (TPSA) is 52.3 Å². The van der Waals surface area contributed by atoms with E-state index in [0.29, 0.717) is 6.42 Å². The van der Waals surface area contributed by atoms with Crippen LogP contribution in [0.25, 0.3) is 10.8 Å². The predicted molar refractivity (Wildman–Crippen MR) is 67.6 cm³/mol. The molecule has 0 aliphatic rings. The summed E-state index contributed by atoms with van der Waals surface area (Å²) in [4.78, 5) is 11.2. The summed E-state index contributed by atoms with van der Waals surface area (Å²) in [5.74, 6) is -0.377. The zero-order chi connectivity index (χ0) is 12.3. The van der Waals surface area contributed by atoms with Crippen LogP contribution in [0, 0.1) is 0 Å². The van der Waals surface area contributed by atoms with Crippen molar-refractivity contribution in [1.29, 1.82) is 0 Å². The average molecular weight is 265 g/mol. The molecular formula is C14H15ClNO2-. The lowest BCUT2D eigenvalue weighted by Crippen LogP contribution is -3.00. The summed E-state index contributed by atoms with van der Waals surface area (Å²) in [7, 11) is 1.35. The molecule has 0 aliphatic heterocycles. The Morgan fingerprint density at radius 3 is 2.56 bits per heavy atom. The Bertz CT molecular complexity index is 542. The first-order chi connectivity index (χ1) is 8.20. The monoisotopic (exact) mass is 264 g/mol. The van der Waals surface area contributed by atoms with Gasteiger partial charge in [0.15, 0.2) is 0 Å². The maximum atomic E-state index is 11.2. The second-order valence-electron chi connectivity index (χ2n) is 4.02. The SMILES string of the molecule is COC(=O)C(N)Cc1ccc2ccccc2c1.[Cl-]. The molecule has 4 heteroatoms. The fraction of sp³-hybridized carbons (Fsp3) is 0.214. The molecule has 0 bridgehead atoms. The fourth-order valence-electron chi connectivity index (χ4n) is 1.85. The molecule has 0 heterocycles. The number of rotatable bonds is 3. The molecule has 2 rings (SSSR count). The van der Waals surface area contributed by atoms with Crippen LogP contribution in [0.1, 0.15) is 5.56 Å². The van der Waals surface area contributed by atoms with E-state index < -0.39 is 6.04 Å². The number of fused-ring (bicyclic) bond motifs is 1. The van der Waals surface area contributed by atoms with Gasteiger partial charge in [0.1, 0.15) is 6.04 Å². The lowest BCUT2D eigenvalue weighted by atomic mass is 10.0. The number of hydrogen-bond acceptors (Lipinski definition) is 3. The Hall–Kier alpha value is -1.58. The Morgan fingerprint density at radius 1 is 1.22 bits per heavy atom. The van der Waals surface area contributed by atoms with Crippen molar-refractivity contribution >= 4 is 16.7 Å². The predicted octanol–water partition coefficient (Wildman–Crippen LogP) is -1.11. The molecule has 0 amide bonds. The summed E-state index contributed by atoms with van der Waals surface area (Å²) >= 11 is 0. The van der Waals surface area contributed by atoms with E-state index in [0.717, 1.165) is 10.9 Å². The van der Waals surface area contributed by atoms with Crippen LogP contribution in [0.2, 0.25) is 0 Å². The van der Waals surface area contributed by atoms with Crippen molar-refractivity contribution in [1.82, 2.24) is 0 Å². The first-order valence-corrected chi connectivity index (χ1v) is 5.52. The number of benzene rings is 2. The van der Waals surface area contributed by atoms with E-state index in [1.165, 1.54) is 12.5 Å². The van der Waals surface area contributed by atoms with Gasteiger partial charge in [0.25, 0.3) is 0 Å². The Labute approximate surface area is 112 Å². The molecule has 2 aromatic rings. The standard InChI is InChI=1S/C14H15NO2.ClH/c1-17-14(16)13(15)9-10-6-7-11-4-2-3-5-12(11)8-10;/h2-8,13H,9,15H2,1H3;1H/p-1. The fourth-order valence-corrected chi connectivity index (χ4v) is 1.85. The van der Waals surface area contributed by atoms with Gasteiger partial charge in [-0.1, -0.05) is 42.5 Å². The van der Waals surface area contributed by atoms with Crippen LogP contribution >= 0.6 is 0 Å². The van der Waals surface area contributed by atoms with Crippen molar-refractivity contribution in [2.75, 3.05) is 7.11 Å². The summed E-state index contributed by atoms with van der Waals surface area (Å²) in [5.41, 5.74) is 6.77. The van der Waals surface area contributed by atoms with Crippen LogP contribution in [-0.4, -0.2) is 19.1 Å². The van der Waals surface area contributed by atoms with Gasteiger partial charge >= 0.3 is 5.97 Å². The number of carbonyl (C=O) groups excluding carboxylic acids is 1. The number of ether oxygens (including phenoxy) is 1. The zero-order valence-corrected chi connectivity index (χ0v) is 10.9. The Balaban J connectivity index is 0.00000162. The molecule has 0 saturated carbocycles. The van der Waals surface area contributed by atoms with Gasteiger partial charge in [-0.25, -0.2) is 0 Å². The highest BCUT2D eigenvalue weighted by atomic mass is 35.5. The van der Waals surface area contributed by atoms with E-state index in [1.54, 1.807) is 0 Å². The van der Waals surface area contributed by atoms with Crippen LogP contribution in [0.15, 0.2) is 42.5 Å². The Kier molecular flexibility index (Phi) is 5.13. The highest BCUT2D eigenvalue weighted by molar-refractivity contribution is 5.83. The number of hydrogen-bond donors (Lipinski definition) is 1. The molecule has 2 aromatic carbocycles. The van der Waals surface area contributed by atoms with Crippen LogP contribution in [0.3, 0.4) is 0 Å². The molecule has 0 saturated heterocycles. The molecule has 0 aromatic heterocycles. The molecule has 2 N–H and O–H groups in total. The quantitative estimate of drug-likeness (QED) is 0.715. The van der Waals surface area contributed by atoms with Gasteiger partial charge in [0.2, 0.25) is 0 Å². The minimum atomic E-state index is -0.596. The van der Waals surface area contributed by atoms with E-state index in [-0.39, 0.29) is 18.4 Å². The molecule has 0 spiro atoms.